The highest BCUT2D eigenvalue weighted by Crippen LogP contribution is 2.32. The zero-order chi connectivity index (χ0) is 15.1. The Morgan fingerprint density at radius 1 is 1.33 bits per heavy atom. The van der Waals surface area contributed by atoms with Crippen molar-refractivity contribution in [2.75, 3.05) is 4.90 Å². The average Bonchev–Trinajstić information content (AvgIpc) is 2.96. The minimum absolute atomic E-state index is 0.0677. The lowest BCUT2D eigenvalue weighted by molar-refractivity contribution is -0.384. The van der Waals surface area contributed by atoms with Crippen LogP contribution in [0.25, 0.3) is 0 Å². The van der Waals surface area contributed by atoms with E-state index in [0.717, 1.165) is 11.6 Å². The van der Waals surface area contributed by atoms with Gasteiger partial charge in [0.15, 0.2) is 0 Å². The molecule has 8 nitrogen and oxygen atoms in total. The van der Waals surface area contributed by atoms with Gasteiger partial charge in [0.05, 0.1) is 28.9 Å². The van der Waals surface area contributed by atoms with Gasteiger partial charge in [-0.25, -0.2) is 0 Å². The van der Waals surface area contributed by atoms with E-state index in [1.165, 1.54) is 17.0 Å². The average molecular weight is 286 g/mol. The first kappa shape index (κ1) is 13.0. The zero-order valence-corrected chi connectivity index (χ0v) is 11.0. The molecule has 0 N–H and O–H groups in total. The summed E-state index contributed by atoms with van der Waals surface area (Å²) in [6.45, 7) is 0.198. The van der Waals surface area contributed by atoms with Crippen molar-refractivity contribution < 1.29 is 14.5 Å². The lowest BCUT2D eigenvalue weighted by Gasteiger charge is -2.14. The van der Waals surface area contributed by atoms with E-state index in [2.05, 4.69) is 5.10 Å². The van der Waals surface area contributed by atoms with Crippen molar-refractivity contribution in [3.8, 4) is 0 Å². The van der Waals surface area contributed by atoms with Crippen LogP contribution in [0.3, 0.4) is 0 Å². The highest BCUT2D eigenvalue weighted by atomic mass is 16.6. The third-order valence-corrected chi connectivity index (χ3v) is 3.26. The number of hydrogen-bond acceptors (Lipinski definition) is 5. The number of Topliss-reactive ketones (excluding diaryl/α,β-unsaturated/α-hetero) is 1. The van der Waals surface area contributed by atoms with Crippen LogP contribution >= 0.6 is 0 Å². The summed E-state index contributed by atoms with van der Waals surface area (Å²) in [5, 5.41) is 14.7. The van der Waals surface area contributed by atoms with Crippen LogP contribution in [-0.4, -0.2) is 26.4 Å². The molecule has 21 heavy (non-hydrogen) atoms. The summed E-state index contributed by atoms with van der Waals surface area (Å²) in [5.41, 5.74) is 1.01. The molecule has 1 aromatic carbocycles. The summed E-state index contributed by atoms with van der Waals surface area (Å²) < 4.78 is 1.59. The predicted octanol–water partition coefficient (Wildman–Crippen LogP) is 1.06. The van der Waals surface area contributed by atoms with Crippen LogP contribution in [0.5, 0.6) is 0 Å². The summed E-state index contributed by atoms with van der Waals surface area (Å²) in [6, 6.07) is 3.84. The molecule has 1 amide bonds. The Labute approximate surface area is 118 Å². The number of nitro benzene ring substituents is 1. The number of fused-ring (bicyclic) bond motifs is 1. The number of ketones is 1. The van der Waals surface area contributed by atoms with Gasteiger partial charge in [-0.15, -0.1) is 0 Å². The quantitative estimate of drug-likeness (QED) is 0.477. The highest BCUT2D eigenvalue weighted by molar-refractivity contribution is 6.52. The summed E-state index contributed by atoms with van der Waals surface area (Å²) in [4.78, 5) is 35.4. The molecule has 1 aliphatic rings. The zero-order valence-electron chi connectivity index (χ0n) is 11.0. The van der Waals surface area contributed by atoms with Crippen LogP contribution in [0, 0.1) is 10.1 Å². The number of carbonyl (C=O) groups excluding carboxylic acids is 2. The summed E-state index contributed by atoms with van der Waals surface area (Å²) >= 11 is 0. The monoisotopic (exact) mass is 286 g/mol. The standard InChI is InChI=1S/C13H10N4O4/c1-15-6-8(5-14-15)7-16-11-3-2-9(17(20)21)4-10(11)12(18)13(16)19/h2-6H,7H2,1H3. The molecule has 106 valence electrons. The van der Waals surface area contributed by atoms with Gasteiger partial charge >= 0.3 is 0 Å². The third kappa shape index (κ3) is 2.06. The molecule has 2 aromatic rings. The molecule has 1 aliphatic heterocycles. The maximum Gasteiger partial charge on any atom is 0.299 e. The van der Waals surface area contributed by atoms with Crippen molar-refractivity contribution in [3.05, 3.63) is 51.8 Å². The van der Waals surface area contributed by atoms with E-state index in [4.69, 9.17) is 0 Å². The smallest absolute Gasteiger partial charge is 0.299 e. The highest BCUT2D eigenvalue weighted by Gasteiger charge is 2.37. The van der Waals surface area contributed by atoms with E-state index in [1.807, 2.05) is 0 Å². The van der Waals surface area contributed by atoms with Gasteiger partial charge in [0.1, 0.15) is 0 Å². The number of aromatic nitrogens is 2. The van der Waals surface area contributed by atoms with Crippen LogP contribution < -0.4 is 4.90 Å². The summed E-state index contributed by atoms with van der Waals surface area (Å²) in [7, 11) is 1.75. The fraction of sp³-hybridized carbons (Fsp3) is 0.154. The Hall–Kier alpha value is -3.03. The molecule has 0 fully saturated rings. The molecule has 0 atom stereocenters. The molecule has 0 unspecified atom stereocenters. The lowest BCUT2D eigenvalue weighted by Crippen LogP contribution is -2.28. The van der Waals surface area contributed by atoms with Gasteiger partial charge in [-0.1, -0.05) is 0 Å². The molecule has 0 aliphatic carbocycles. The Morgan fingerprint density at radius 2 is 2.10 bits per heavy atom. The number of nitro groups is 1. The second-order valence-corrected chi connectivity index (χ2v) is 4.70. The van der Waals surface area contributed by atoms with Crippen LogP contribution in [0.15, 0.2) is 30.6 Å². The second kappa shape index (κ2) is 4.51. The lowest BCUT2D eigenvalue weighted by atomic mass is 10.1. The minimum atomic E-state index is -0.724. The van der Waals surface area contributed by atoms with Gasteiger partial charge in [0, 0.05) is 30.9 Å². The Morgan fingerprint density at radius 3 is 2.71 bits per heavy atom. The second-order valence-electron chi connectivity index (χ2n) is 4.70. The number of aryl methyl sites for hydroxylation is 1. The first-order valence-corrected chi connectivity index (χ1v) is 6.09. The predicted molar refractivity (Wildman–Crippen MR) is 71.8 cm³/mol. The largest absolute Gasteiger partial charge is 0.300 e. The van der Waals surface area contributed by atoms with Crippen LogP contribution in [0.1, 0.15) is 15.9 Å². The van der Waals surface area contributed by atoms with E-state index in [1.54, 1.807) is 24.1 Å². The fourth-order valence-electron chi connectivity index (χ4n) is 2.30. The Kier molecular flexibility index (Phi) is 2.79. The number of hydrogen-bond donors (Lipinski definition) is 0. The van der Waals surface area contributed by atoms with Crippen molar-refractivity contribution in [1.82, 2.24) is 9.78 Å². The maximum absolute atomic E-state index is 12.0. The molecule has 0 spiro atoms. The number of nitrogens with zero attached hydrogens (tertiary/aromatic N) is 4. The Balaban J connectivity index is 2.00. The SMILES string of the molecule is Cn1cc(CN2C(=O)C(=O)c3cc([N+](=O)[O-])ccc32)cn1. The minimum Gasteiger partial charge on any atom is -0.300 e. The number of benzene rings is 1. The van der Waals surface area contributed by atoms with E-state index >= 15 is 0 Å². The molecular formula is C13H10N4O4. The van der Waals surface area contributed by atoms with E-state index < -0.39 is 16.6 Å². The molecule has 0 saturated heterocycles. The topological polar surface area (TPSA) is 98.3 Å². The van der Waals surface area contributed by atoms with Crippen molar-refractivity contribution in [1.29, 1.82) is 0 Å². The van der Waals surface area contributed by atoms with Crippen molar-refractivity contribution in [2.45, 2.75) is 6.54 Å². The number of anilines is 1. The molecule has 0 bridgehead atoms. The van der Waals surface area contributed by atoms with Crippen LogP contribution in [-0.2, 0) is 18.4 Å². The van der Waals surface area contributed by atoms with Crippen molar-refractivity contribution in [2.24, 2.45) is 7.05 Å². The number of carbonyl (C=O) groups is 2. The molecular weight excluding hydrogens is 276 g/mol. The first-order chi connectivity index (χ1) is 9.97. The van der Waals surface area contributed by atoms with E-state index in [0.29, 0.717) is 5.69 Å². The van der Waals surface area contributed by atoms with Crippen molar-refractivity contribution in [3.63, 3.8) is 0 Å². The number of amides is 1. The van der Waals surface area contributed by atoms with Gasteiger partial charge in [0.2, 0.25) is 0 Å². The third-order valence-electron chi connectivity index (χ3n) is 3.26. The van der Waals surface area contributed by atoms with Crippen LogP contribution in [0.4, 0.5) is 11.4 Å². The number of rotatable bonds is 3. The molecule has 3 rings (SSSR count). The van der Waals surface area contributed by atoms with Gasteiger partial charge in [-0.05, 0) is 6.07 Å². The number of non-ortho nitro benzene ring substituents is 1. The fourth-order valence-corrected chi connectivity index (χ4v) is 2.30. The molecule has 1 aromatic heterocycles. The summed E-state index contributed by atoms with van der Waals surface area (Å²) in [5.74, 6) is -1.41. The van der Waals surface area contributed by atoms with Crippen molar-refractivity contribution >= 4 is 23.1 Å². The summed E-state index contributed by atoms with van der Waals surface area (Å²) in [6.07, 6.45) is 3.34. The van der Waals surface area contributed by atoms with Crippen LogP contribution in [0.2, 0.25) is 0 Å². The first-order valence-electron chi connectivity index (χ1n) is 6.09. The molecule has 0 saturated carbocycles. The van der Waals surface area contributed by atoms with E-state index in [-0.39, 0.29) is 17.8 Å². The van der Waals surface area contributed by atoms with Gasteiger partial charge in [0.25, 0.3) is 17.4 Å². The molecule has 8 heteroatoms. The van der Waals surface area contributed by atoms with E-state index in [9.17, 15) is 19.7 Å². The maximum atomic E-state index is 12.0. The van der Waals surface area contributed by atoms with Gasteiger partial charge < -0.3 is 4.90 Å². The molecule has 0 radical (unpaired) electrons. The Bertz CT molecular complexity index is 780. The van der Waals surface area contributed by atoms with Gasteiger partial charge in [-0.2, -0.15) is 5.10 Å². The molecule has 2 heterocycles. The van der Waals surface area contributed by atoms with Gasteiger partial charge in [-0.3, -0.25) is 24.4 Å². The normalized spacial score (nSPS) is 13.7.